The highest BCUT2D eigenvalue weighted by Crippen LogP contribution is 2.25. The number of aromatic hydroxyl groups is 1. The Morgan fingerprint density at radius 1 is 1.33 bits per heavy atom. The van der Waals surface area contributed by atoms with Gasteiger partial charge in [-0.2, -0.15) is 0 Å². The van der Waals surface area contributed by atoms with E-state index in [9.17, 15) is 5.11 Å². The number of nitrogens with zero attached hydrogens (tertiary/aromatic N) is 2. The van der Waals surface area contributed by atoms with E-state index in [1.54, 1.807) is 6.33 Å². The number of hydrogen-bond acceptors (Lipinski definition) is 4. The second-order valence-corrected chi connectivity index (χ2v) is 4.21. The number of benzene rings is 1. The summed E-state index contributed by atoms with van der Waals surface area (Å²) in [6, 6.07) is 5.71. The van der Waals surface area contributed by atoms with Crippen molar-refractivity contribution in [1.29, 1.82) is 0 Å². The van der Waals surface area contributed by atoms with Crippen molar-refractivity contribution in [3.05, 3.63) is 47.5 Å². The van der Waals surface area contributed by atoms with E-state index in [1.807, 2.05) is 24.4 Å². The first-order chi connectivity index (χ1) is 8.84. The molecule has 0 saturated carbocycles. The van der Waals surface area contributed by atoms with Crippen molar-refractivity contribution in [2.24, 2.45) is 4.99 Å². The Kier molecular flexibility index (Phi) is 2.72. The van der Waals surface area contributed by atoms with Crippen LogP contribution in [-0.2, 0) is 6.42 Å². The second kappa shape index (κ2) is 4.52. The fraction of sp³-hybridized carbons (Fsp3) is 0.231. The number of aromatic nitrogens is 2. The monoisotopic (exact) mass is 242 g/mol. The van der Waals surface area contributed by atoms with Crippen molar-refractivity contribution in [1.82, 2.24) is 15.3 Å². The third-order valence-electron chi connectivity index (χ3n) is 2.98. The molecule has 2 heterocycles. The van der Waals surface area contributed by atoms with Gasteiger partial charge in [0.15, 0.2) is 0 Å². The normalized spacial score (nSPS) is 14.3. The molecule has 1 aromatic heterocycles. The molecule has 0 amide bonds. The van der Waals surface area contributed by atoms with E-state index >= 15 is 0 Å². The smallest absolute Gasteiger partial charge is 0.132 e. The van der Waals surface area contributed by atoms with Gasteiger partial charge in [-0.1, -0.05) is 12.1 Å². The average molecular weight is 242 g/mol. The lowest BCUT2D eigenvalue weighted by Crippen LogP contribution is -2.19. The molecule has 92 valence electrons. The van der Waals surface area contributed by atoms with Gasteiger partial charge in [0, 0.05) is 24.7 Å². The standard InChI is InChI=1S/C13H14N4O/c18-12-9(6-10-7-14-8-17-10)2-1-3-11(12)13-15-4-5-16-13/h1-3,7-8,18H,4-6H2,(H,14,17)(H,15,16). The minimum atomic E-state index is 0.286. The molecule has 1 aliphatic heterocycles. The first-order valence-corrected chi connectivity index (χ1v) is 5.92. The van der Waals surface area contributed by atoms with Crippen LogP contribution in [-0.4, -0.2) is 34.0 Å². The van der Waals surface area contributed by atoms with Crippen LogP contribution in [0, 0.1) is 0 Å². The molecule has 0 unspecified atom stereocenters. The maximum absolute atomic E-state index is 10.3. The molecule has 0 spiro atoms. The number of rotatable bonds is 3. The molecule has 0 bridgehead atoms. The van der Waals surface area contributed by atoms with Gasteiger partial charge in [0.1, 0.15) is 11.6 Å². The Bertz CT molecular complexity index is 575. The Morgan fingerprint density at radius 3 is 3.00 bits per heavy atom. The summed E-state index contributed by atoms with van der Waals surface area (Å²) in [5, 5.41) is 13.5. The number of aromatic amines is 1. The van der Waals surface area contributed by atoms with Crippen molar-refractivity contribution in [3.63, 3.8) is 0 Å². The van der Waals surface area contributed by atoms with E-state index in [1.165, 1.54) is 0 Å². The zero-order chi connectivity index (χ0) is 12.4. The van der Waals surface area contributed by atoms with Gasteiger partial charge >= 0.3 is 0 Å². The third-order valence-corrected chi connectivity index (χ3v) is 2.98. The highest BCUT2D eigenvalue weighted by atomic mass is 16.3. The summed E-state index contributed by atoms with van der Waals surface area (Å²) >= 11 is 0. The molecule has 0 radical (unpaired) electrons. The highest BCUT2D eigenvalue weighted by Gasteiger charge is 2.15. The third kappa shape index (κ3) is 1.95. The maximum atomic E-state index is 10.3. The molecule has 2 aromatic rings. The molecule has 5 nitrogen and oxygen atoms in total. The molecule has 0 aliphatic carbocycles. The molecule has 0 saturated heterocycles. The van der Waals surface area contributed by atoms with Crippen LogP contribution in [0.3, 0.4) is 0 Å². The minimum absolute atomic E-state index is 0.286. The van der Waals surface area contributed by atoms with Crippen LogP contribution in [0.1, 0.15) is 16.8 Å². The molecule has 1 aromatic carbocycles. The maximum Gasteiger partial charge on any atom is 0.132 e. The number of nitrogens with one attached hydrogen (secondary N) is 2. The quantitative estimate of drug-likeness (QED) is 0.753. The molecule has 0 atom stereocenters. The number of imidazole rings is 1. The lowest BCUT2D eigenvalue weighted by atomic mass is 10.0. The summed E-state index contributed by atoms with van der Waals surface area (Å²) in [7, 11) is 0. The molecular weight excluding hydrogens is 228 g/mol. The van der Waals surface area contributed by atoms with Gasteiger partial charge in [0.05, 0.1) is 24.1 Å². The fourth-order valence-electron chi connectivity index (χ4n) is 2.09. The van der Waals surface area contributed by atoms with E-state index in [0.717, 1.165) is 35.7 Å². The van der Waals surface area contributed by atoms with E-state index in [-0.39, 0.29) is 5.75 Å². The van der Waals surface area contributed by atoms with E-state index in [0.29, 0.717) is 6.42 Å². The molecule has 18 heavy (non-hydrogen) atoms. The van der Waals surface area contributed by atoms with Gasteiger partial charge in [0.25, 0.3) is 0 Å². The molecule has 1 aliphatic rings. The Balaban J connectivity index is 1.93. The predicted molar refractivity (Wildman–Crippen MR) is 68.9 cm³/mol. The summed E-state index contributed by atoms with van der Waals surface area (Å²) in [6.45, 7) is 1.59. The second-order valence-electron chi connectivity index (χ2n) is 4.21. The van der Waals surface area contributed by atoms with Crippen LogP contribution >= 0.6 is 0 Å². The number of para-hydroxylation sites is 1. The first-order valence-electron chi connectivity index (χ1n) is 5.92. The minimum Gasteiger partial charge on any atom is -0.507 e. The van der Waals surface area contributed by atoms with Crippen LogP contribution in [0.2, 0.25) is 0 Å². The average Bonchev–Trinajstić information content (AvgIpc) is 3.04. The topological polar surface area (TPSA) is 73.3 Å². The van der Waals surface area contributed by atoms with E-state index in [4.69, 9.17) is 0 Å². The van der Waals surface area contributed by atoms with Gasteiger partial charge in [-0.15, -0.1) is 0 Å². The van der Waals surface area contributed by atoms with Crippen molar-refractivity contribution in [2.45, 2.75) is 6.42 Å². The molecule has 3 rings (SSSR count). The zero-order valence-corrected chi connectivity index (χ0v) is 9.85. The molecule has 0 fully saturated rings. The van der Waals surface area contributed by atoms with Crippen LogP contribution in [0.4, 0.5) is 0 Å². The summed E-state index contributed by atoms with van der Waals surface area (Å²) in [5.74, 6) is 1.06. The van der Waals surface area contributed by atoms with E-state index < -0.39 is 0 Å². The molecule has 5 heteroatoms. The number of phenols is 1. The molecular formula is C13H14N4O. The summed E-state index contributed by atoms with van der Waals surface area (Å²) in [6.07, 6.45) is 4.08. The van der Waals surface area contributed by atoms with Gasteiger partial charge in [-0.05, 0) is 6.07 Å². The highest BCUT2D eigenvalue weighted by molar-refractivity contribution is 6.02. The Hall–Kier alpha value is -2.30. The lowest BCUT2D eigenvalue weighted by molar-refractivity contribution is 0.468. The van der Waals surface area contributed by atoms with Crippen LogP contribution in [0.5, 0.6) is 5.75 Å². The van der Waals surface area contributed by atoms with E-state index in [2.05, 4.69) is 20.3 Å². The molecule has 3 N–H and O–H groups in total. The van der Waals surface area contributed by atoms with Gasteiger partial charge in [-0.25, -0.2) is 4.98 Å². The number of phenolic OH excluding ortho intramolecular Hbond substituents is 1. The number of aliphatic imine (C=N–C) groups is 1. The predicted octanol–water partition coefficient (Wildman–Crippen LogP) is 1.06. The number of H-pyrrole nitrogens is 1. The summed E-state index contributed by atoms with van der Waals surface area (Å²) in [4.78, 5) is 11.4. The number of hydrogen-bond donors (Lipinski definition) is 3. The first kappa shape index (κ1) is 10.8. The van der Waals surface area contributed by atoms with Crippen LogP contribution in [0.15, 0.2) is 35.7 Å². The number of amidine groups is 1. The largest absolute Gasteiger partial charge is 0.507 e. The van der Waals surface area contributed by atoms with Crippen molar-refractivity contribution < 1.29 is 5.11 Å². The van der Waals surface area contributed by atoms with Gasteiger partial charge in [0.2, 0.25) is 0 Å². The SMILES string of the molecule is Oc1c(Cc2c[nH]cn2)cccc1C1=NCCN1. The van der Waals surface area contributed by atoms with Crippen molar-refractivity contribution in [3.8, 4) is 5.75 Å². The van der Waals surface area contributed by atoms with Crippen molar-refractivity contribution in [2.75, 3.05) is 13.1 Å². The van der Waals surface area contributed by atoms with Crippen molar-refractivity contribution >= 4 is 5.84 Å². The van der Waals surface area contributed by atoms with Gasteiger partial charge < -0.3 is 15.4 Å². The van der Waals surface area contributed by atoms with Crippen LogP contribution < -0.4 is 5.32 Å². The lowest BCUT2D eigenvalue weighted by Gasteiger charge is -2.09. The summed E-state index contributed by atoms with van der Waals surface area (Å²) in [5.41, 5.74) is 2.53. The fourth-order valence-corrected chi connectivity index (χ4v) is 2.09. The van der Waals surface area contributed by atoms with Gasteiger partial charge in [-0.3, -0.25) is 4.99 Å². The Morgan fingerprint density at radius 2 is 2.28 bits per heavy atom. The zero-order valence-electron chi connectivity index (χ0n) is 9.85. The summed E-state index contributed by atoms with van der Waals surface area (Å²) < 4.78 is 0. The van der Waals surface area contributed by atoms with Crippen LogP contribution in [0.25, 0.3) is 0 Å². The Labute approximate surface area is 105 Å².